The zero-order chi connectivity index (χ0) is 20.7. The second-order valence-electron chi connectivity index (χ2n) is 6.56. The number of para-hydroxylation sites is 1. The Labute approximate surface area is 163 Å². The third kappa shape index (κ3) is 5.88. The van der Waals surface area contributed by atoms with Crippen molar-refractivity contribution in [3.63, 3.8) is 0 Å². The number of carbonyl (C=O) groups excluding carboxylic acids is 2. The van der Waals surface area contributed by atoms with Gasteiger partial charge in [0.05, 0.1) is 18.0 Å². The summed E-state index contributed by atoms with van der Waals surface area (Å²) in [5.41, 5.74) is 2.48. The summed E-state index contributed by atoms with van der Waals surface area (Å²) >= 11 is 0. The summed E-state index contributed by atoms with van der Waals surface area (Å²) in [5, 5.41) is 16.5. The van der Waals surface area contributed by atoms with Gasteiger partial charge >= 0.3 is 0 Å². The van der Waals surface area contributed by atoms with E-state index in [1.54, 1.807) is 24.9 Å². The molecule has 0 heterocycles. The Morgan fingerprint density at radius 1 is 1.04 bits per heavy atom. The first-order chi connectivity index (χ1) is 13.3. The fourth-order valence-electron chi connectivity index (χ4n) is 2.77. The SMILES string of the molecule is CCc1ccccc1NC(=O)CN(C)CC(=O)Nc1ccc(C)cc1[N+](=O)[O-]. The molecule has 0 saturated carbocycles. The molecule has 0 radical (unpaired) electrons. The van der Waals surface area contributed by atoms with Crippen molar-refractivity contribution >= 4 is 28.9 Å². The fourth-order valence-corrected chi connectivity index (χ4v) is 2.77. The van der Waals surface area contributed by atoms with Crippen LogP contribution in [0, 0.1) is 17.0 Å². The van der Waals surface area contributed by atoms with Crippen molar-refractivity contribution in [2.45, 2.75) is 20.3 Å². The van der Waals surface area contributed by atoms with Gasteiger partial charge in [0.2, 0.25) is 11.8 Å². The van der Waals surface area contributed by atoms with Gasteiger partial charge in [-0.1, -0.05) is 31.2 Å². The van der Waals surface area contributed by atoms with Crippen LogP contribution in [0.15, 0.2) is 42.5 Å². The van der Waals surface area contributed by atoms with Gasteiger partial charge in [-0.05, 0) is 43.7 Å². The van der Waals surface area contributed by atoms with Gasteiger partial charge in [0.25, 0.3) is 5.69 Å². The van der Waals surface area contributed by atoms with Crippen LogP contribution in [0.25, 0.3) is 0 Å². The summed E-state index contributed by atoms with van der Waals surface area (Å²) in [7, 11) is 1.63. The largest absolute Gasteiger partial charge is 0.325 e. The van der Waals surface area contributed by atoms with Crippen molar-refractivity contribution in [1.29, 1.82) is 0 Å². The molecule has 0 aliphatic heterocycles. The number of carbonyl (C=O) groups is 2. The number of rotatable bonds is 8. The maximum atomic E-state index is 12.2. The van der Waals surface area contributed by atoms with Crippen molar-refractivity contribution in [1.82, 2.24) is 4.90 Å². The molecule has 0 atom stereocenters. The molecule has 0 bridgehead atoms. The molecule has 0 fully saturated rings. The van der Waals surface area contributed by atoms with Crippen molar-refractivity contribution in [2.75, 3.05) is 30.8 Å². The van der Waals surface area contributed by atoms with E-state index in [0.717, 1.165) is 23.2 Å². The van der Waals surface area contributed by atoms with Gasteiger partial charge in [-0.15, -0.1) is 0 Å². The zero-order valence-corrected chi connectivity index (χ0v) is 16.2. The van der Waals surface area contributed by atoms with Crippen molar-refractivity contribution in [2.24, 2.45) is 0 Å². The summed E-state index contributed by atoms with van der Waals surface area (Å²) in [6.07, 6.45) is 0.796. The molecule has 2 aromatic carbocycles. The Balaban J connectivity index is 1.92. The molecule has 2 aromatic rings. The van der Waals surface area contributed by atoms with E-state index in [1.165, 1.54) is 12.1 Å². The monoisotopic (exact) mass is 384 g/mol. The maximum Gasteiger partial charge on any atom is 0.293 e. The van der Waals surface area contributed by atoms with Crippen LogP contribution >= 0.6 is 0 Å². The highest BCUT2D eigenvalue weighted by Gasteiger charge is 2.17. The molecule has 0 saturated heterocycles. The van der Waals surface area contributed by atoms with Crippen LogP contribution in [0.5, 0.6) is 0 Å². The van der Waals surface area contributed by atoms with Gasteiger partial charge in [-0.25, -0.2) is 0 Å². The summed E-state index contributed by atoms with van der Waals surface area (Å²) in [6.45, 7) is 3.68. The third-order valence-corrected chi connectivity index (χ3v) is 4.12. The molecule has 8 heteroatoms. The number of benzene rings is 2. The van der Waals surface area contributed by atoms with Crippen LogP contribution in [0.4, 0.5) is 17.1 Å². The first-order valence-electron chi connectivity index (χ1n) is 8.91. The van der Waals surface area contributed by atoms with Gasteiger partial charge in [0.15, 0.2) is 0 Å². The first kappa shape index (κ1) is 21.0. The molecule has 2 amide bonds. The van der Waals surface area contributed by atoms with Crippen molar-refractivity contribution < 1.29 is 14.5 Å². The minimum atomic E-state index is -0.537. The number of aryl methyl sites for hydroxylation is 2. The van der Waals surface area contributed by atoms with Gasteiger partial charge in [-0.2, -0.15) is 0 Å². The fraction of sp³-hybridized carbons (Fsp3) is 0.300. The normalized spacial score (nSPS) is 10.6. The molecule has 0 unspecified atom stereocenters. The molecule has 8 nitrogen and oxygen atoms in total. The number of amides is 2. The van der Waals surface area contributed by atoms with Gasteiger partial charge in [0, 0.05) is 11.8 Å². The molecular weight excluding hydrogens is 360 g/mol. The molecule has 2 N–H and O–H groups in total. The standard InChI is InChI=1S/C20H24N4O4/c1-4-15-7-5-6-8-16(15)21-19(25)12-23(3)13-20(26)22-17-10-9-14(2)11-18(17)24(27)28/h5-11H,4,12-13H2,1-3H3,(H,21,25)(H,22,26). The molecule has 0 aliphatic rings. The topological polar surface area (TPSA) is 105 Å². The smallest absolute Gasteiger partial charge is 0.293 e. The lowest BCUT2D eigenvalue weighted by Crippen LogP contribution is -2.36. The highest BCUT2D eigenvalue weighted by atomic mass is 16.6. The average molecular weight is 384 g/mol. The van der Waals surface area contributed by atoms with Crippen molar-refractivity contribution in [3.05, 3.63) is 63.7 Å². The van der Waals surface area contributed by atoms with Crippen LogP contribution in [0.2, 0.25) is 0 Å². The minimum absolute atomic E-state index is 0.0153. The lowest BCUT2D eigenvalue weighted by molar-refractivity contribution is -0.384. The summed E-state index contributed by atoms with van der Waals surface area (Å²) < 4.78 is 0. The predicted molar refractivity (Wildman–Crippen MR) is 108 cm³/mol. The van der Waals surface area contributed by atoms with Crippen LogP contribution in [0.3, 0.4) is 0 Å². The van der Waals surface area contributed by atoms with Crippen LogP contribution in [-0.2, 0) is 16.0 Å². The first-order valence-corrected chi connectivity index (χ1v) is 8.91. The summed E-state index contributed by atoms with van der Waals surface area (Å²) in [6, 6.07) is 12.1. The maximum absolute atomic E-state index is 12.2. The Kier molecular flexibility index (Phi) is 7.22. The Morgan fingerprint density at radius 2 is 1.64 bits per heavy atom. The second-order valence-corrected chi connectivity index (χ2v) is 6.56. The Bertz CT molecular complexity index is 882. The predicted octanol–water partition coefficient (Wildman–Crippen LogP) is 2.97. The number of nitrogens with one attached hydrogen (secondary N) is 2. The molecule has 0 aromatic heterocycles. The summed E-state index contributed by atoms with van der Waals surface area (Å²) in [4.78, 5) is 36.6. The van der Waals surface area contributed by atoms with Crippen molar-refractivity contribution in [3.8, 4) is 0 Å². The van der Waals surface area contributed by atoms with E-state index in [9.17, 15) is 19.7 Å². The number of nitrogens with zero attached hydrogens (tertiary/aromatic N) is 2. The molecule has 2 rings (SSSR count). The lowest BCUT2D eigenvalue weighted by atomic mass is 10.1. The molecule has 0 aliphatic carbocycles. The van der Waals surface area contributed by atoms with Crippen LogP contribution < -0.4 is 10.6 Å². The Hall–Kier alpha value is -3.26. The van der Waals surface area contributed by atoms with E-state index in [2.05, 4.69) is 10.6 Å². The van der Waals surface area contributed by atoms with E-state index in [1.807, 2.05) is 31.2 Å². The van der Waals surface area contributed by atoms with E-state index in [4.69, 9.17) is 0 Å². The molecule has 0 spiro atoms. The Morgan fingerprint density at radius 3 is 2.25 bits per heavy atom. The lowest BCUT2D eigenvalue weighted by Gasteiger charge is -2.17. The minimum Gasteiger partial charge on any atom is -0.325 e. The van der Waals surface area contributed by atoms with Gasteiger partial charge < -0.3 is 10.6 Å². The van der Waals surface area contributed by atoms with Gasteiger partial charge in [-0.3, -0.25) is 24.6 Å². The number of nitro benzene ring substituents is 1. The van der Waals surface area contributed by atoms with Crippen LogP contribution in [-0.4, -0.2) is 41.8 Å². The number of nitro groups is 1. The average Bonchev–Trinajstić information content (AvgIpc) is 2.63. The number of anilines is 2. The number of likely N-dealkylation sites (N-methyl/N-ethyl adjacent to an activating group) is 1. The summed E-state index contributed by atoms with van der Waals surface area (Å²) in [5.74, 6) is -0.672. The third-order valence-electron chi connectivity index (χ3n) is 4.12. The van der Waals surface area contributed by atoms with E-state index in [-0.39, 0.29) is 30.4 Å². The molecule has 28 heavy (non-hydrogen) atoms. The molecule has 148 valence electrons. The van der Waals surface area contributed by atoms with E-state index >= 15 is 0 Å². The van der Waals surface area contributed by atoms with E-state index < -0.39 is 10.8 Å². The number of hydrogen-bond acceptors (Lipinski definition) is 5. The zero-order valence-electron chi connectivity index (χ0n) is 16.2. The quantitative estimate of drug-likeness (QED) is 0.538. The van der Waals surface area contributed by atoms with Crippen LogP contribution in [0.1, 0.15) is 18.1 Å². The van der Waals surface area contributed by atoms with Gasteiger partial charge in [0.1, 0.15) is 5.69 Å². The highest BCUT2D eigenvalue weighted by molar-refractivity contribution is 5.96. The number of hydrogen-bond donors (Lipinski definition) is 2. The second kappa shape index (κ2) is 9.61. The highest BCUT2D eigenvalue weighted by Crippen LogP contribution is 2.25. The molecular formula is C20H24N4O4. The van der Waals surface area contributed by atoms with E-state index in [0.29, 0.717) is 0 Å².